The summed E-state index contributed by atoms with van der Waals surface area (Å²) in [5.74, 6) is -1.29. The van der Waals surface area contributed by atoms with Gasteiger partial charge in [-0.2, -0.15) is 0 Å². The topological polar surface area (TPSA) is 113 Å². The molecular formula is C20H32N2O4. The number of carbonyl (C=O) groups excluding carboxylic acids is 1. The third-order valence-electron chi connectivity index (χ3n) is 4.63. The quantitative estimate of drug-likeness (QED) is 0.507. The summed E-state index contributed by atoms with van der Waals surface area (Å²) in [6, 6.07) is 6.13. The summed E-state index contributed by atoms with van der Waals surface area (Å²) >= 11 is 0. The van der Waals surface area contributed by atoms with Crippen LogP contribution in [-0.4, -0.2) is 40.3 Å². The molecule has 0 aliphatic carbocycles. The fourth-order valence-corrected chi connectivity index (χ4v) is 2.75. The zero-order valence-corrected chi connectivity index (χ0v) is 16.1. The number of nitrogens with two attached hydrogens (primary N) is 1. The van der Waals surface area contributed by atoms with Crippen molar-refractivity contribution in [3.8, 4) is 0 Å². The standard InChI is InChI=1S/C20H32N2O4/c1-5-13(4)15-8-6-14(7-9-15)11-16(21)18(23)19(24)22-17(20(25)26)10-12(2)3/h6-9,12-13,16-18,23H,5,10-11,21H2,1-4H3,(H,22,24)(H,25,26)/t13?,16?,17-,18?/m0/s1. The molecular weight excluding hydrogens is 332 g/mol. The predicted octanol–water partition coefficient (Wildman–Crippen LogP) is 2.05. The average Bonchev–Trinajstić information content (AvgIpc) is 2.59. The Morgan fingerprint density at radius 2 is 1.73 bits per heavy atom. The zero-order valence-electron chi connectivity index (χ0n) is 16.1. The van der Waals surface area contributed by atoms with E-state index in [-0.39, 0.29) is 5.92 Å². The van der Waals surface area contributed by atoms with Gasteiger partial charge in [-0.3, -0.25) is 4.79 Å². The molecule has 0 radical (unpaired) electrons. The Bertz CT molecular complexity index is 586. The van der Waals surface area contributed by atoms with Crippen molar-refractivity contribution in [1.29, 1.82) is 0 Å². The molecule has 146 valence electrons. The van der Waals surface area contributed by atoms with Crippen LogP contribution in [0, 0.1) is 5.92 Å². The van der Waals surface area contributed by atoms with Gasteiger partial charge in [-0.25, -0.2) is 4.79 Å². The highest BCUT2D eigenvalue weighted by Crippen LogP contribution is 2.19. The van der Waals surface area contributed by atoms with Gasteiger partial charge in [0.2, 0.25) is 0 Å². The molecule has 1 amide bonds. The first-order valence-electron chi connectivity index (χ1n) is 9.21. The van der Waals surface area contributed by atoms with Crippen LogP contribution in [0.1, 0.15) is 57.6 Å². The Balaban J connectivity index is 2.66. The predicted molar refractivity (Wildman–Crippen MR) is 102 cm³/mol. The minimum Gasteiger partial charge on any atom is -0.480 e. The normalized spacial score (nSPS) is 16.0. The number of aliphatic carboxylic acids is 1. The lowest BCUT2D eigenvalue weighted by Crippen LogP contribution is -2.52. The molecule has 0 saturated heterocycles. The molecule has 3 unspecified atom stereocenters. The molecule has 0 spiro atoms. The van der Waals surface area contributed by atoms with Crippen LogP contribution in [0.25, 0.3) is 0 Å². The van der Waals surface area contributed by atoms with Gasteiger partial charge in [0.05, 0.1) is 0 Å². The molecule has 0 aliphatic rings. The molecule has 6 nitrogen and oxygen atoms in total. The fourth-order valence-electron chi connectivity index (χ4n) is 2.75. The highest BCUT2D eigenvalue weighted by Gasteiger charge is 2.28. The summed E-state index contributed by atoms with van der Waals surface area (Å²) in [5.41, 5.74) is 8.13. The number of hydrogen-bond donors (Lipinski definition) is 4. The fraction of sp³-hybridized carbons (Fsp3) is 0.600. The number of amides is 1. The molecule has 1 aromatic carbocycles. The third kappa shape index (κ3) is 6.77. The first-order chi connectivity index (χ1) is 12.1. The van der Waals surface area contributed by atoms with E-state index in [4.69, 9.17) is 5.73 Å². The number of benzene rings is 1. The maximum absolute atomic E-state index is 12.1. The van der Waals surface area contributed by atoms with Gasteiger partial charge in [0.1, 0.15) is 12.1 Å². The van der Waals surface area contributed by atoms with Gasteiger partial charge >= 0.3 is 5.97 Å². The molecule has 0 saturated carbocycles. The van der Waals surface area contributed by atoms with E-state index in [1.807, 2.05) is 38.1 Å². The molecule has 4 atom stereocenters. The summed E-state index contributed by atoms with van der Waals surface area (Å²) in [6.07, 6.45) is 0.217. The van der Waals surface area contributed by atoms with Crippen LogP contribution in [0.5, 0.6) is 0 Å². The zero-order chi connectivity index (χ0) is 19.9. The molecule has 0 fully saturated rings. The highest BCUT2D eigenvalue weighted by atomic mass is 16.4. The van der Waals surface area contributed by atoms with Crippen LogP contribution >= 0.6 is 0 Å². The van der Waals surface area contributed by atoms with Crippen LogP contribution in [0.4, 0.5) is 0 Å². The molecule has 0 aromatic heterocycles. The van der Waals surface area contributed by atoms with E-state index in [9.17, 15) is 19.8 Å². The summed E-state index contributed by atoms with van der Waals surface area (Å²) in [5, 5.41) is 21.7. The summed E-state index contributed by atoms with van der Waals surface area (Å²) in [7, 11) is 0. The average molecular weight is 364 g/mol. The minimum absolute atomic E-state index is 0.103. The van der Waals surface area contributed by atoms with Crippen molar-refractivity contribution in [2.75, 3.05) is 0 Å². The van der Waals surface area contributed by atoms with Gasteiger partial charge in [-0.15, -0.1) is 0 Å². The third-order valence-corrected chi connectivity index (χ3v) is 4.63. The Kier molecular flexibility index (Phi) is 8.75. The van der Waals surface area contributed by atoms with Crippen LogP contribution in [0.3, 0.4) is 0 Å². The van der Waals surface area contributed by atoms with E-state index in [0.717, 1.165) is 12.0 Å². The lowest BCUT2D eigenvalue weighted by Gasteiger charge is -2.22. The number of carbonyl (C=O) groups is 2. The Morgan fingerprint density at radius 1 is 1.15 bits per heavy atom. The van der Waals surface area contributed by atoms with E-state index in [1.165, 1.54) is 5.56 Å². The second kappa shape index (κ2) is 10.3. The number of aliphatic hydroxyl groups excluding tert-OH is 1. The van der Waals surface area contributed by atoms with Crippen molar-refractivity contribution in [1.82, 2.24) is 5.32 Å². The highest BCUT2D eigenvalue weighted by molar-refractivity contribution is 5.86. The number of carboxylic acids is 1. The second-order valence-electron chi connectivity index (χ2n) is 7.39. The number of rotatable bonds is 10. The molecule has 0 heterocycles. The number of aliphatic hydroxyl groups is 1. The largest absolute Gasteiger partial charge is 0.480 e. The smallest absolute Gasteiger partial charge is 0.326 e. The van der Waals surface area contributed by atoms with Crippen LogP contribution in [-0.2, 0) is 16.0 Å². The van der Waals surface area contributed by atoms with E-state index in [2.05, 4.69) is 19.2 Å². The van der Waals surface area contributed by atoms with E-state index in [1.54, 1.807) is 0 Å². The molecule has 26 heavy (non-hydrogen) atoms. The minimum atomic E-state index is -1.46. The summed E-state index contributed by atoms with van der Waals surface area (Å²) in [4.78, 5) is 23.4. The van der Waals surface area contributed by atoms with Gasteiger partial charge in [0.15, 0.2) is 0 Å². The van der Waals surface area contributed by atoms with Crippen molar-refractivity contribution in [2.24, 2.45) is 11.7 Å². The van der Waals surface area contributed by atoms with Crippen molar-refractivity contribution < 1.29 is 19.8 Å². The van der Waals surface area contributed by atoms with Crippen LogP contribution in [0.2, 0.25) is 0 Å². The van der Waals surface area contributed by atoms with Gasteiger partial charge in [-0.1, -0.05) is 52.0 Å². The lowest BCUT2D eigenvalue weighted by atomic mass is 9.95. The van der Waals surface area contributed by atoms with Crippen molar-refractivity contribution in [3.63, 3.8) is 0 Å². The van der Waals surface area contributed by atoms with E-state index in [0.29, 0.717) is 18.8 Å². The summed E-state index contributed by atoms with van der Waals surface area (Å²) < 4.78 is 0. The maximum atomic E-state index is 12.1. The van der Waals surface area contributed by atoms with Crippen molar-refractivity contribution >= 4 is 11.9 Å². The van der Waals surface area contributed by atoms with Gasteiger partial charge in [-0.05, 0) is 42.2 Å². The Hall–Kier alpha value is -1.92. The van der Waals surface area contributed by atoms with Crippen LogP contribution < -0.4 is 11.1 Å². The molecule has 1 rings (SSSR count). The summed E-state index contributed by atoms with van der Waals surface area (Å²) in [6.45, 7) is 8.03. The first kappa shape index (κ1) is 22.1. The first-order valence-corrected chi connectivity index (χ1v) is 9.21. The van der Waals surface area contributed by atoms with Gasteiger partial charge in [0.25, 0.3) is 5.91 Å². The maximum Gasteiger partial charge on any atom is 0.326 e. The molecule has 6 heteroatoms. The lowest BCUT2D eigenvalue weighted by molar-refractivity contribution is -0.144. The van der Waals surface area contributed by atoms with Crippen molar-refractivity contribution in [3.05, 3.63) is 35.4 Å². The van der Waals surface area contributed by atoms with Gasteiger partial charge in [0, 0.05) is 6.04 Å². The number of hydrogen-bond acceptors (Lipinski definition) is 4. The monoisotopic (exact) mass is 364 g/mol. The van der Waals surface area contributed by atoms with E-state index >= 15 is 0 Å². The second-order valence-corrected chi connectivity index (χ2v) is 7.39. The number of carboxylic acid groups (broad SMARTS) is 1. The molecule has 0 bridgehead atoms. The molecule has 5 N–H and O–H groups in total. The number of nitrogens with one attached hydrogen (secondary N) is 1. The van der Waals surface area contributed by atoms with Crippen LogP contribution in [0.15, 0.2) is 24.3 Å². The van der Waals surface area contributed by atoms with Crippen molar-refractivity contribution in [2.45, 2.75) is 71.1 Å². The Morgan fingerprint density at radius 3 is 2.19 bits per heavy atom. The Labute approximate surface area is 155 Å². The van der Waals surface area contributed by atoms with Gasteiger partial charge < -0.3 is 21.3 Å². The van der Waals surface area contributed by atoms with E-state index < -0.39 is 30.1 Å². The SMILES string of the molecule is CCC(C)c1ccc(CC(N)C(O)C(=O)N[C@@H](CC(C)C)C(=O)O)cc1. The molecule has 1 aromatic rings. The molecule has 0 aliphatic heterocycles.